The van der Waals surface area contributed by atoms with Gasteiger partial charge in [-0.05, 0) is 29.1 Å². The van der Waals surface area contributed by atoms with Gasteiger partial charge in [-0.25, -0.2) is 0 Å². The molecule has 0 aliphatic carbocycles. The van der Waals surface area contributed by atoms with E-state index in [0.717, 1.165) is 27.8 Å². The zero-order valence-corrected chi connectivity index (χ0v) is 23.8. The zero-order valence-electron chi connectivity index (χ0n) is 21.3. The molecule has 9 heteroatoms. The maximum Gasteiger partial charge on any atom is 0.161 e. The monoisotopic (exact) mass is 560 g/mol. The summed E-state index contributed by atoms with van der Waals surface area (Å²) in [4.78, 5) is 7.06. The predicted octanol–water partition coefficient (Wildman–Crippen LogP) is 4.72. The molecule has 1 N–H and O–H groups in total. The van der Waals surface area contributed by atoms with Gasteiger partial charge < -0.3 is 24.2 Å². The van der Waals surface area contributed by atoms with Gasteiger partial charge in [-0.15, -0.1) is 23.5 Å². The molecular formula is C28H36N2O4S3. The van der Waals surface area contributed by atoms with Crippen LogP contribution in [0, 0.1) is 5.92 Å². The maximum absolute atomic E-state index is 11.6. The number of amidine groups is 1. The Kier molecular flexibility index (Phi) is 9.79. The fraction of sp³-hybridized carbons (Fsp3) is 0.536. The first-order valence-electron chi connectivity index (χ1n) is 12.9. The van der Waals surface area contributed by atoms with Crippen LogP contribution in [0.3, 0.4) is 0 Å². The molecule has 0 saturated carbocycles. The number of aliphatic hydroxyl groups excluding tert-OH is 1. The average molecular weight is 561 g/mol. The zero-order chi connectivity index (χ0) is 25.6. The fourth-order valence-electron chi connectivity index (χ4n) is 4.90. The lowest BCUT2D eigenvalue weighted by molar-refractivity contribution is -0.185. The third-order valence-electron chi connectivity index (χ3n) is 6.79. The Bertz CT molecular complexity index is 1010. The third-order valence-corrected chi connectivity index (χ3v) is 11.2. The van der Waals surface area contributed by atoms with Gasteiger partial charge in [-0.3, -0.25) is 4.99 Å². The number of nitrogens with zero attached hydrogens (tertiary/aromatic N) is 2. The lowest BCUT2D eigenvalue weighted by Gasteiger charge is -2.46. The number of hydrogen-bond donors (Lipinski definition) is 1. The van der Waals surface area contributed by atoms with Crippen LogP contribution in [0.1, 0.15) is 17.5 Å². The first kappa shape index (κ1) is 27.4. The molecule has 6 atom stereocenters. The van der Waals surface area contributed by atoms with Crippen LogP contribution in [0.2, 0.25) is 0 Å². The molecule has 0 aromatic heterocycles. The predicted molar refractivity (Wildman–Crippen MR) is 155 cm³/mol. The Balaban J connectivity index is 1.40. The van der Waals surface area contributed by atoms with Crippen LogP contribution in [0.4, 0.5) is 0 Å². The van der Waals surface area contributed by atoms with Gasteiger partial charge in [0.25, 0.3) is 0 Å². The second-order valence-corrected chi connectivity index (χ2v) is 13.6. The van der Waals surface area contributed by atoms with Gasteiger partial charge >= 0.3 is 0 Å². The number of aliphatic hydroxyl groups is 1. The summed E-state index contributed by atoms with van der Waals surface area (Å²) in [5, 5.41) is 12.6. The van der Waals surface area contributed by atoms with Crippen molar-refractivity contribution in [1.29, 1.82) is 0 Å². The number of hydrogen-bond acceptors (Lipinski definition) is 9. The summed E-state index contributed by atoms with van der Waals surface area (Å²) < 4.78 is 19.7. The number of benzene rings is 2. The number of ether oxygens (including phenoxy) is 3. The van der Waals surface area contributed by atoms with Crippen molar-refractivity contribution in [2.45, 2.75) is 54.0 Å². The fourth-order valence-corrected chi connectivity index (χ4v) is 8.98. The molecule has 2 saturated heterocycles. The Morgan fingerprint density at radius 1 is 1.00 bits per heavy atom. The highest BCUT2D eigenvalue weighted by Crippen LogP contribution is 2.45. The molecule has 0 bridgehead atoms. The molecule has 5 rings (SSSR count). The number of aliphatic imine (C=N–C) groups is 1. The van der Waals surface area contributed by atoms with Gasteiger partial charge in [0.2, 0.25) is 0 Å². The van der Waals surface area contributed by atoms with Gasteiger partial charge in [0.05, 0.1) is 36.6 Å². The van der Waals surface area contributed by atoms with E-state index in [9.17, 15) is 5.11 Å². The van der Waals surface area contributed by atoms with E-state index in [1.54, 1.807) is 11.8 Å². The average Bonchev–Trinajstić information content (AvgIpc) is 3.38. The topological polar surface area (TPSA) is 63.5 Å². The van der Waals surface area contributed by atoms with Crippen molar-refractivity contribution in [3.8, 4) is 0 Å². The Labute approximate surface area is 232 Å². The smallest absolute Gasteiger partial charge is 0.161 e. The first-order valence-corrected chi connectivity index (χ1v) is 15.8. The number of thioether (sulfide) groups is 3. The quantitative estimate of drug-likeness (QED) is 0.473. The summed E-state index contributed by atoms with van der Waals surface area (Å²) in [7, 11) is 4.01. The van der Waals surface area contributed by atoms with E-state index in [1.807, 2.05) is 78.9 Å². The minimum absolute atomic E-state index is 0.0855. The Morgan fingerprint density at radius 2 is 1.65 bits per heavy atom. The minimum Gasteiger partial charge on any atom is -0.388 e. The molecule has 2 aromatic rings. The standard InChI is InChI=1S/C28H36N2O4S3/c1-30(2)28-29-22-24(33-17-20-12-7-4-8-13-20)21(18-32-16-19-10-5-3-6-11-19)25(34-26(22)37-28)23(31)27-35-14-9-15-36-27/h3-8,10-13,21-27,31H,9,14-18H2,1-2H3/t21-,22+,23?,24-,25-,26+/m0/s1. The molecule has 6 nitrogen and oxygen atoms in total. The van der Waals surface area contributed by atoms with Crippen molar-refractivity contribution in [3.63, 3.8) is 0 Å². The van der Waals surface area contributed by atoms with Crippen molar-refractivity contribution in [2.24, 2.45) is 10.9 Å². The van der Waals surface area contributed by atoms with Crippen molar-refractivity contribution < 1.29 is 19.3 Å². The molecule has 3 aliphatic heterocycles. The molecule has 0 amide bonds. The van der Waals surface area contributed by atoms with Crippen LogP contribution >= 0.6 is 35.3 Å². The molecule has 37 heavy (non-hydrogen) atoms. The molecule has 3 heterocycles. The maximum atomic E-state index is 11.6. The van der Waals surface area contributed by atoms with Crippen molar-refractivity contribution in [1.82, 2.24) is 4.90 Å². The van der Waals surface area contributed by atoms with E-state index in [-0.39, 0.29) is 28.1 Å². The molecule has 1 unspecified atom stereocenters. The van der Waals surface area contributed by atoms with E-state index in [1.165, 1.54) is 6.42 Å². The number of fused-ring (bicyclic) bond motifs is 1. The summed E-state index contributed by atoms with van der Waals surface area (Å²) >= 11 is 5.30. The second-order valence-electron chi connectivity index (χ2n) is 9.76. The van der Waals surface area contributed by atoms with Crippen LogP contribution < -0.4 is 0 Å². The molecule has 0 spiro atoms. The van der Waals surface area contributed by atoms with Crippen LogP contribution in [-0.4, -0.2) is 81.8 Å². The van der Waals surface area contributed by atoms with Gasteiger partial charge in [0.15, 0.2) is 5.17 Å². The van der Waals surface area contributed by atoms with E-state index in [4.69, 9.17) is 19.2 Å². The Hall–Kier alpha value is -1.20. The summed E-state index contributed by atoms with van der Waals surface area (Å²) in [5.74, 6) is 1.98. The molecule has 3 aliphatic rings. The summed E-state index contributed by atoms with van der Waals surface area (Å²) in [6.45, 7) is 1.42. The second kappa shape index (κ2) is 13.2. The van der Waals surface area contributed by atoms with Crippen LogP contribution in [0.5, 0.6) is 0 Å². The van der Waals surface area contributed by atoms with Crippen molar-refractivity contribution >= 4 is 40.5 Å². The van der Waals surface area contributed by atoms with E-state index >= 15 is 0 Å². The first-order chi connectivity index (χ1) is 18.1. The van der Waals surface area contributed by atoms with E-state index in [2.05, 4.69) is 24.3 Å². The van der Waals surface area contributed by atoms with Crippen molar-refractivity contribution in [3.05, 3.63) is 71.8 Å². The largest absolute Gasteiger partial charge is 0.388 e. The highest BCUT2D eigenvalue weighted by atomic mass is 32.2. The van der Waals surface area contributed by atoms with Gasteiger partial charge in [0, 0.05) is 20.0 Å². The highest BCUT2D eigenvalue weighted by Gasteiger charge is 2.53. The molecule has 200 valence electrons. The normalized spacial score (nSPS) is 28.9. The highest BCUT2D eigenvalue weighted by molar-refractivity contribution is 8.17. The minimum atomic E-state index is -0.617. The molecule has 2 aromatic carbocycles. The summed E-state index contributed by atoms with van der Waals surface area (Å²) in [6.07, 6.45) is -0.0756. The van der Waals surface area contributed by atoms with Gasteiger partial charge in [0.1, 0.15) is 17.6 Å². The van der Waals surface area contributed by atoms with E-state index in [0.29, 0.717) is 19.8 Å². The van der Waals surface area contributed by atoms with Crippen molar-refractivity contribution in [2.75, 3.05) is 32.2 Å². The molecule has 2 fully saturated rings. The van der Waals surface area contributed by atoms with E-state index < -0.39 is 12.2 Å². The van der Waals surface area contributed by atoms with Gasteiger partial charge in [-0.2, -0.15) is 0 Å². The molecular weight excluding hydrogens is 525 g/mol. The summed E-state index contributed by atoms with van der Waals surface area (Å²) in [5.41, 5.74) is 2.05. The SMILES string of the molecule is CN(C)C1=N[C@@H]2[C@@H](OCc3ccccc3)[C@H](COCc3ccccc3)[C@@H](C(O)C3SCCCS3)O[C@@H]2S1. The molecule has 0 radical (unpaired) electrons. The number of rotatable bonds is 9. The lowest BCUT2D eigenvalue weighted by atomic mass is 9.86. The lowest BCUT2D eigenvalue weighted by Crippen LogP contribution is -2.58. The third kappa shape index (κ3) is 6.87. The van der Waals surface area contributed by atoms with Crippen LogP contribution in [0.25, 0.3) is 0 Å². The van der Waals surface area contributed by atoms with Crippen LogP contribution in [-0.2, 0) is 27.4 Å². The van der Waals surface area contributed by atoms with Gasteiger partial charge in [-0.1, -0.05) is 72.4 Å². The Morgan fingerprint density at radius 3 is 2.30 bits per heavy atom. The summed E-state index contributed by atoms with van der Waals surface area (Å²) in [6, 6.07) is 20.3. The van der Waals surface area contributed by atoms with Crippen LogP contribution in [0.15, 0.2) is 65.7 Å².